The fourth-order valence-corrected chi connectivity index (χ4v) is 4.06. The molecule has 0 aliphatic carbocycles. The molecule has 1 fully saturated rings. The third kappa shape index (κ3) is 3.97. The highest BCUT2D eigenvalue weighted by Gasteiger charge is 2.27. The Morgan fingerprint density at radius 3 is 3.00 bits per heavy atom. The van der Waals surface area contributed by atoms with E-state index in [9.17, 15) is 0 Å². The van der Waals surface area contributed by atoms with Gasteiger partial charge in [0.25, 0.3) is 0 Å². The summed E-state index contributed by atoms with van der Waals surface area (Å²) in [6.45, 7) is 4.45. The van der Waals surface area contributed by atoms with Gasteiger partial charge in [-0.1, -0.05) is 6.92 Å². The van der Waals surface area contributed by atoms with Crippen LogP contribution in [-0.4, -0.2) is 58.2 Å². The Labute approximate surface area is 121 Å². The lowest BCUT2D eigenvalue weighted by Gasteiger charge is -2.38. The molecule has 0 bridgehead atoms. The molecule has 2 atom stereocenters. The molecule has 0 aromatic carbocycles. The van der Waals surface area contributed by atoms with Crippen LogP contribution in [0.2, 0.25) is 0 Å². The Balaban J connectivity index is 1.93. The zero-order valence-corrected chi connectivity index (χ0v) is 13.1. The van der Waals surface area contributed by atoms with Crippen LogP contribution in [0.25, 0.3) is 0 Å². The van der Waals surface area contributed by atoms with Crippen molar-refractivity contribution in [2.45, 2.75) is 31.8 Å². The number of likely N-dealkylation sites (N-methyl/N-ethyl adjacent to an activating group) is 2. The predicted octanol–water partition coefficient (Wildman–Crippen LogP) is 1.38. The predicted molar refractivity (Wildman–Crippen MR) is 82.7 cm³/mol. The highest BCUT2D eigenvalue weighted by Crippen LogP contribution is 2.20. The summed E-state index contributed by atoms with van der Waals surface area (Å²) in [7, 11) is 4.34. The molecular formula is C14H26N4S. The monoisotopic (exact) mass is 282 g/mol. The highest BCUT2D eigenvalue weighted by molar-refractivity contribution is 7.99. The number of thioether (sulfide) groups is 1. The maximum atomic E-state index is 4.43. The number of rotatable bonds is 6. The van der Waals surface area contributed by atoms with Gasteiger partial charge in [0.15, 0.2) is 0 Å². The van der Waals surface area contributed by atoms with Crippen LogP contribution >= 0.6 is 11.8 Å². The summed E-state index contributed by atoms with van der Waals surface area (Å²) < 4.78 is 2.13. The molecule has 1 aromatic rings. The average molecular weight is 282 g/mol. The number of imidazole rings is 1. The minimum Gasteiger partial charge on any atom is -0.338 e. The first-order valence-corrected chi connectivity index (χ1v) is 8.35. The molecule has 2 rings (SSSR count). The Morgan fingerprint density at radius 2 is 2.37 bits per heavy atom. The van der Waals surface area contributed by atoms with Crippen molar-refractivity contribution in [1.29, 1.82) is 0 Å². The lowest BCUT2D eigenvalue weighted by Crippen LogP contribution is -2.52. The van der Waals surface area contributed by atoms with E-state index in [4.69, 9.17) is 0 Å². The van der Waals surface area contributed by atoms with Crippen LogP contribution in [0.5, 0.6) is 0 Å². The summed E-state index contributed by atoms with van der Waals surface area (Å²) in [5, 5.41) is 3.67. The van der Waals surface area contributed by atoms with E-state index < -0.39 is 0 Å². The summed E-state index contributed by atoms with van der Waals surface area (Å²) in [6.07, 6.45) is 6.13. The van der Waals surface area contributed by atoms with E-state index in [0.717, 1.165) is 19.4 Å². The van der Waals surface area contributed by atoms with E-state index in [1.165, 1.54) is 23.9 Å². The molecule has 108 valence electrons. The van der Waals surface area contributed by atoms with Gasteiger partial charge < -0.3 is 14.8 Å². The SMILES string of the molecule is CCNC(CCc1nccn1C)C1CSCCN1C. The number of nitrogens with zero attached hydrogens (tertiary/aromatic N) is 3. The largest absolute Gasteiger partial charge is 0.338 e. The van der Waals surface area contributed by atoms with Crippen molar-refractivity contribution in [2.24, 2.45) is 7.05 Å². The van der Waals surface area contributed by atoms with Gasteiger partial charge in [-0.2, -0.15) is 11.8 Å². The summed E-state index contributed by atoms with van der Waals surface area (Å²) in [6, 6.07) is 1.22. The van der Waals surface area contributed by atoms with Gasteiger partial charge in [-0.25, -0.2) is 4.98 Å². The highest BCUT2D eigenvalue weighted by atomic mass is 32.2. The molecule has 2 heterocycles. The molecular weight excluding hydrogens is 256 g/mol. The van der Waals surface area contributed by atoms with Crippen molar-refractivity contribution >= 4 is 11.8 Å². The van der Waals surface area contributed by atoms with Crippen molar-refractivity contribution in [2.75, 3.05) is 31.6 Å². The average Bonchev–Trinajstić information content (AvgIpc) is 2.81. The van der Waals surface area contributed by atoms with Crippen molar-refractivity contribution in [3.8, 4) is 0 Å². The van der Waals surface area contributed by atoms with Crippen LogP contribution in [-0.2, 0) is 13.5 Å². The summed E-state index contributed by atoms with van der Waals surface area (Å²) in [5.41, 5.74) is 0. The smallest absolute Gasteiger partial charge is 0.108 e. The maximum Gasteiger partial charge on any atom is 0.108 e. The minimum absolute atomic E-state index is 0.569. The third-order valence-corrected chi connectivity index (χ3v) is 5.02. The second-order valence-corrected chi connectivity index (χ2v) is 6.43. The van der Waals surface area contributed by atoms with Crippen LogP contribution in [0.1, 0.15) is 19.2 Å². The summed E-state index contributed by atoms with van der Waals surface area (Å²) >= 11 is 2.08. The van der Waals surface area contributed by atoms with Crippen LogP contribution in [0.15, 0.2) is 12.4 Å². The van der Waals surface area contributed by atoms with Gasteiger partial charge in [0, 0.05) is 56.0 Å². The molecule has 0 spiro atoms. The first-order valence-electron chi connectivity index (χ1n) is 7.20. The van der Waals surface area contributed by atoms with Gasteiger partial charge in [-0.05, 0) is 20.0 Å². The van der Waals surface area contributed by atoms with Crippen LogP contribution in [0.3, 0.4) is 0 Å². The molecule has 1 aliphatic heterocycles. The lowest BCUT2D eigenvalue weighted by molar-refractivity contribution is 0.209. The van der Waals surface area contributed by atoms with Gasteiger partial charge >= 0.3 is 0 Å². The second kappa shape index (κ2) is 7.31. The fraction of sp³-hybridized carbons (Fsp3) is 0.786. The second-order valence-electron chi connectivity index (χ2n) is 5.28. The molecule has 2 unspecified atom stereocenters. The molecule has 19 heavy (non-hydrogen) atoms. The Kier molecular flexibility index (Phi) is 5.73. The minimum atomic E-state index is 0.569. The van der Waals surface area contributed by atoms with Crippen molar-refractivity contribution in [1.82, 2.24) is 19.8 Å². The molecule has 0 amide bonds. The van der Waals surface area contributed by atoms with E-state index in [1.54, 1.807) is 0 Å². The van der Waals surface area contributed by atoms with Gasteiger partial charge in [0.1, 0.15) is 5.82 Å². The Morgan fingerprint density at radius 1 is 1.53 bits per heavy atom. The van der Waals surface area contributed by atoms with Crippen molar-refractivity contribution in [3.63, 3.8) is 0 Å². The van der Waals surface area contributed by atoms with Crippen LogP contribution in [0, 0.1) is 0 Å². The molecule has 1 N–H and O–H groups in total. The van der Waals surface area contributed by atoms with E-state index in [-0.39, 0.29) is 0 Å². The van der Waals surface area contributed by atoms with E-state index >= 15 is 0 Å². The van der Waals surface area contributed by atoms with E-state index in [2.05, 4.69) is 52.5 Å². The molecule has 5 heteroatoms. The topological polar surface area (TPSA) is 33.1 Å². The first-order chi connectivity index (χ1) is 9.22. The van der Waals surface area contributed by atoms with E-state index in [0.29, 0.717) is 12.1 Å². The number of nitrogens with one attached hydrogen (secondary N) is 1. The van der Waals surface area contributed by atoms with Gasteiger partial charge in [0.05, 0.1) is 0 Å². The Bertz CT molecular complexity index is 379. The standard InChI is InChI=1S/C14H26N4S/c1-4-15-12(13-11-19-10-9-17(13)2)5-6-14-16-7-8-18(14)3/h7-8,12-13,15H,4-6,9-11H2,1-3H3. The maximum absolute atomic E-state index is 4.43. The lowest BCUT2D eigenvalue weighted by atomic mass is 10.0. The summed E-state index contributed by atoms with van der Waals surface area (Å²) in [4.78, 5) is 6.94. The number of aromatic nitrogens is 2. The molecule has 1 aromatic heterocycles. The van der Waals surface area contributed by atoms with E-state index in [1.807, 2.05) is 12.4 Å². The van der Waals surface area contributed by atoms with Crippen molar-refractivity contribution < 1.29 is 0 Å². The van der Waals surface area contributed by atoms with Crippen molar-refractivity contribution in [3.05, 3.63) is 18.2 Å². The first kappa shape index (κ1) is 14.9. The fourth-order valence-electron chi connectivity index (χ4n) is 2.74. The number of aryl methyl sites for hydroxylation is 2. The normalized spacial score (nSPS) is 22.6. The van der Waals surface area contributed by atoms with Gasteiger partial charge in [-0.15, -0.1) is 0 Å². The zero-order chi connectivity index (χ0) is 13.7. The molecule has 4 nitrogen and oxygen atoms in total. The van der Waals surface area contributed by atoms with Crippen LogP contribution in [0.4, 0.5) is 0 Å². The van der Waals surface area contributed by atoms with Gasteiger partial charge in [0.2, 0.25) is 0 Å². The summed E-state index contributed by atoms with van der Waals surface area (Å²) in [5.74, 6) is 3.70. The Hall–Kier alpha value is -0.520. The molecule has 1 saturated heterocycles. The third-order valence-electron chi connectivity index (χ3n) is 3.97. The number of hydrogen-bond acceptors (Lipinski definition) is 4. The molecule has 1 aliphatic rings. The molecule has 0 saturated carbocycles. The molecule has 0 radical (unpaired) electrons. The van der Waals surface area contributed by atoms with Crippen LogP contribution < -0.4 is 5.32 Å². The zero-order valence-electron chi connectivity index (χ0n) is 12.3. The number of hydrogen-bond donors (Lipinski definition) is 1. The van der Waals surface area contributed by atoms with Gasteiger partial charge in [-0.3, -0.25) is 0 Å². The quantitative estimate of drug-likeness (QED) is 0.854.